The van der Waals surface area contributed by atoms with Gasteiger partial charge in [-0.3, -0.25) is 10.3 Å². The molecule has 0 bridgehead atoms. The van der Waals surface area contributed by atoms with Crippen LogP contribution in [0.2, 0.25) is 0 Å². The van der Waals surface area contributed by atoms with Gasteiger partial charge >= 0.3 is 0 Å². The number of nitrogens with one attached hydrogen (secondary N) is 1. The van der Waals surface area contributed by atoms with Crippen LogP contribution in [0, 0.1) is 11.3 Å². The highest BCUT2D eigenvalue weighted by Crippen LogP contribution is 2.32. The predicted molar refractivity (Wildman–Crippen MR) is 69.1 cm³/mol. The molecule has 88 valence electrons. The minimum atomic E-state index is 0.155. The number of hydrogen-bond acceptors (Lipinski definition) is 3. The van der Waals surface area contributed by atoms with Gasteiger partial charge in [0.2, 0.25) is 0 Å². The fourth-order valence-corrected chi connectivity index (χ4v) is 3.22. The van der Waals surface area contributed by atoms with Crippen molar-refractivity contribution in [3.8, 4) is 0 Å². The smallest absolute Gasteiger partial charge is 0.0947 e. The fourth-order valence-electron chi connectivity index (χ4n) is 2.26. The summed E-state index contributed by atoms with van der Waals surface area (Å²) in [5.41, 5.74) is 7.00. The van der Waals surface area contributed by atoms with Crippen LogP contribution in [0.5, 0.6) is 0 Å². The minimum absolute atomic E-state index is 0.155. The van der Waals surface area contributed by atoms with Crippen molar-refractivity contribution in [2.24, 2.45) is 11.7 Å². The second-order valence-corrected chi connectivity index (χ2v) is 5.58. The molecule has 1 aliphatic heterocycles. The molecule has 16 heavy (non-hydrogen) atoms. The van der Waals surface area contributed by atoms with E-state index in [1.165, 1.54) is 10.4 Å². The summed E-state index contributed by atoms with van der Waals surface area (Å²) < 4.78 is 0. The molecule has 4 heteroatoms. The first-order valence-electron chi connectivity index (χ1n) is 5.74. The molecule has 0 radical (unpaired) electrons. The van der Waals surface area contributed by atoms with E-state index in [0.717, 1.165) is 19.5 Å². The highest BCUT2D eigenvalue weighted by molar-refractivity contribution is 7.10. The first-order chi connectivity index (χ1) is 7.59. The lowest BCUT2D eigenvalue weighted by Crippen LogP contribution is -2.39. The zero-order valence-corrected chi connectivity index (χ0v) is 10.7. The third-order valence-corrected chi connectivity index (χ3v) is 4.44. The van der Waals surface area contributed by atoms with Crippen LogP contribution in [0.1, 0.15) is 30.3 Å². The maximum atomic E-state index is 7.45. The lowest BCUT2D eigenvalue weighted by molar-refractivity contribution is 0.188. The molecule has 2 heterocycles. The molecule has 1 aliphatic rings. The van der Waals surface area contributed by atoms with Crippen molar-refractivity contribution >= 4 is 17.2 Å². The van der Waals surface area contributed by atoms with Gasteiger partial charge in [-0.1, -0.05) is 6.92 Å². The zero-order valence-electron chi connectivity index (χ0n) is 9.86. The van der Waals surface area contributed by atoms with Crippen LogP contribution in [0.15, 0.2) is 11.4 Å². The first kappa shape index (κ1) is 11.6. The Labute approximate surface area is 101 Å². The van der Waals surface area contributed by atoms with Gasteiger partial charge in [0.15, 0.2) is 0 Å². The summed E-state index contributed by atoms with van der Waals surface area (Å²) in [6, 6.07) is 2.70. The van der Waals surface area contributed by atoms with Crippen LogP contribution in [0.4, 0.5) is 0 Å². The van der Waals surface area contributed by atoms with Crippen molar-refractivity contribution in [2.75, 3.05) is 13.1 Å². The summed E-state index contributed by atoms with van der Waals surface area (Å²) >= 11 is 1.86. The second-order valence-electron chi connectivity index (χ2n) is 4.58. The fraction of sp³-hybridized carbons (Fsp3) is 0.583. The van der Waals surface area contributed by atoms with Crippen molar-refractivity contribution in [2.45, 2.75) is 26.3 Å². The molecule has 0 aliphatic carbocycles. The number of rotatable bonds is 3. The Morgan fingerprint density at radius 1 is 1.75 bits per heavy atom. The molecule has 0 aromatic carbocycles. The number of fused-ring (bicyclic) bond motifs is 1. The van der Waals surface area contributed by atoms with Gasteiger partial charge in [-0.05, 0) is 30.4 Å². The molecule has 2 unspecified atom stereocenters. The normalized spacial score (nSPS) is 22.8. The van der Waals surface area contributed by atoms with Crippen LogP contribution >= 0.6 is 11.3 Å². The molecule has 0 spiro atoms. The molecular weight excluding hydrogens is 218 g/mol. The standard InChI is InChI=1S/C12H19N3S/c1-8(12(13)14)7-15-5-3-11-10(9(15)2)4-6-16-11/h4,6,8-9H,3,5,7H2,1-2H3,(H3,13,14). The second kappa shape index (κ2) is 4.55. The molecule has 2 rings (SSSR count). The van der Waals surface area contributed by atoms with Crippen LogP contribution < -0.4 is 5.73 Å². The molecule has 0 amide bonds. The summed E-state index contributed by atoms with van der Waals surface area (Å²) in [4.78, 5) is 3.96. The molecule has 1 aromatic rings. The van der Waals surface area contributed by atoms with E-state index >= 15 is 0 Å². The van der Waals surface area contributed by atoms with Gasteiger partial charge in [0.25, 0.3) is 0 Å². The van der Waals surface area contributed by atoms with Crippen molar-refractivity contribution in [3.05, 3.63) is 21.9 Å². The zero-order chi connectivity index (χ0) is 11.7. The maximum absolute atomic E-state index is 7.45. The number of hydrogen-bond donors (Lipinski definition) is 2. The van der Waals surface area contributed by atoms with Gasteiger partial charge in [-0.25, -0.2) is 0 Å². The summed E-state index contributed by atoms with van der Waals surface area (Å²) in [6.45, 7) is 6.26. The average molecular weight is 237 g/mol. The number of amidine groups is 1. The van der Waals surface area contributed by atoms with Crippen LogP contribution in [-0.4, -0.2) is 23.8 Å². The summed E-state index contributed by atoms with van der Waals surface area (Å²) in [7, 11) is 0. The Balaban J connectivity index is 2.07. The Hall–Kier alpha value is -0.870. The number of nitrogens with zero attached hydrogens (tertiary/aromatic N) is 1. The van der Waals surface area contributed by atoms with E-state index in [0.29, 0.717) is 11.9 Å². The highest BCUT2D eigenvalue weighted by Gasteiger charge is 2.25. The number of thiophene rings is 1. The van der Waals surface area contributed by atoms with Gasteiger partial charge in [0, 0.05) is 29.9 Å². The van der Waals surface area contributed by atoms with E-state index in [4.69, 9.17) is 11.1 Å². The Morgan fingerprint density at radius 2 is 2.50 bits per heavy atom. The van der Waals surface area contributed by atoms with Crippen molar-refractivity contribution in [3.63, 3.8) is 0 Å². The lowest BCUT2D eigenvalue weighted by Gasteiger charge is -2.35. The third-order valence-electron chi connectivity index (χ3n) is 3.44. The average Bonchev–Trinajstić information content (AvgIpc) is 2.70. The highest BCUT2D eigenvalue weighted by atomic mass is 32.1. The molecule has 2 atom stereocenters. The minimum Gasteiger partial charge on any atom is -0.387 e. The quantitative estimate of drug-likeness (QED) is 0.626. The van der Waals surface area contributed by atoms with Crippen LogP contribution in [0.3, 0.4) is 0 Å². The molecule has 0 fully saturated rings. The van der Waals surface area contributed by atoms with Crippen LogP contribution in [0.25, 0.3) is 0 Å². The third kappa shape index (κ3) is 2.13. The van der Waals surface area contributed by atoms with E-state index in [1.54, 1.807) is 0 Å². The van der Waals surface area contributed by atoms with Gasteiger partial charge < -0.3 is 5.73 Å². The molecule has 3 N–H and O–H groups in total. The SMILES string of the molecule is CC(CN1CCc2sccc2C1C)C(=N)N. The summed E-state index contributed by atoms with van der Waals surface area (Å²) in [6.07, 6.45) is 1.14. The summed E-state index contributed by atoms with van der Waals surface area (Å²) in [5, 5.41) is 9.63. The molecular formula is C12H19N3S. The van der Waals surface area contributed by atoms with Crippen molar-refractivity contribution in [1.29, 1.82) is 5.41 Å². The Kier molecular flexibility index (Phi) is 3.30. The van der Waals surface area contributed by atoms with Crippen LogP contribution in [-0.2, 0) is 6.42 Å². The largest absolute Gasteiger partial charge is 0.387 e. The van der Waals surface area contributed by atoms with E-state index in [2.05, 4.69) is 23.3 Å². The first-order valence-corrected chi connectivity index (χ1v) is 6.61. The van der Waals surface area contributed by atoms with Gasteiger partial charge in [0.05, 0.1) is 5.84 Å². The molecule has 3 nitrogen and oxygen atoms in total. The molecule has 0 saturated heterocycles. The van der Waals surface area contributed by atoms with Crippen molar-refractivity contribution in [1.82, 2.24) is 4.90 Å². The molecule has 0 saturated carbocycles. The van der Waals surface area contributed by atoms with E-state index in [-0.39, 0.29) is 5.92 Å². The van der Waals surface area contributed by atoms with Gasteiger partial charge in [0.1, 0.15) is 0 Å². The lowest BCUT2D eigenvalue weighted by atomic mass is 9.99. The summed E-state index contributed by atoms with van der Waals surface area (Å²) in [5.74, 6) is 0.450. The Morgan fingerprint density at radius 3 is 3.19 bits per heavy atom. The maximum Gasteiger partial charge on any atom is 0.0947 e. The predicted octanol–water partition coefficient (Wildman–Crippen LogP) is 2.24. The molecule has 1 aromatic heterocycles. The van der Waals surface area contributed by atoms with Gasteiger partial charge in [-0.15, -0.1) is 11.3 Å². The number of nitrogens with two attached hydrogens (primary N) is 1. The van der Waals surface area contributed by atoms with E-state index in [9.17, 15) is 0 Å². The Bertz CT molecular complexity index is 385. The van der Waals surface area contributed by atoms with E-state index < -0.39 is 0 Å². The topological polar surface area (TPSA) is 53.1 Å². The van der Waals surface area contributed by atoms with Crippen molar-refractivity contribution < 1.29 is 0 Å². The van der Waals surface area contributed by atoms with E-state index in [1.807, 2.05) is 18.3 Å². The monoisotopic (exact) mass is 237 g/mol. The van der Waals surface area contributed by atoms with Gasteiger partial charge in [-0.2, -0.15) is 0 Å².